The fraction of sp³-hybridized carbons (Fsp3) is 0.471. The van der Waals surface area contributed by atoms with Gasteiger partial charge in [-0.1, -0.05) is 41.9 Å². The second-order valence-corrected chi connectivity index (χ2v) is 6.60. The zero-order valence-corrected chi connectivity index (χ0v) is 12.8. The Morgan fingerprint density at radius 1 is 1.39 bits per heavy atom. The average Bonchev–Trinajstić information content (AvgIpc) is 3.22. The molecular formula is C17H19N3O3. The van der Waals surface area contributed by atoms with E-state index in [0.29, 0.717) is 24.8 Å². The highest BCUT2D eigenvalue weighted by Gasteiger charge is 2.54. The summed E-state index contributed by atoms with van der Waals surface area (Å²) < 4.78 is 5.35. The molecule has 6 heteroatoms. The van der Waals surface area contributed by atoms with Crippen molar-refractivity contribution in [1.82, 2.24) is 15.0 Å². The van der Waals surface area contributed by atoms with E-state index in [4.69, 9.17) is 4.52 Å². The summed E-state index contributed by atoms with van der Waals surface area (Å²) in [6.07, 6.45) is 2.80. The van der Waals surface area contributed by atoms with Gasteiger partial charge in [-0.3, -0.25) is 9.69 Å². The predicted octanol–water partition coefficient (Wildman–Crippen LogP) is 2.42. The first-order valence-corrected chi connectivity index (χ1v) is 8.01. The summed E-state index contributed by atoms with van der Waals surface area (Å²) in [4.78, 5) is 18.3. The Morgan fingerprint density at radius 3 is 2.96 bits per heavy atom. The Balaban J connectivity index is 1.48. The number of aromatic nitrogens is 2. The number of hydrogen-bond donors (Lipinski definition) is 1. The van der Waals surface area contributed by atoms with Gasteiger partial charge in [-0.25, -0.2) is 0 Å². The van der Waals surface area contributed by atoms with Gasteiger partial charge in [0, 0.05) is 18.7 Å². The molecule has 0 bridgehead atoms. The molecule has 2 atom stereocenters. The third-order valence-corrected chi connectivity index (χ3v) is 5.23. The normalized spacial score (nSPS) is 27.2. The number of carbonyl (C=O) groups is 1. The van der Waals surface area contributed by atoms with Crippen LogP contribution >= 0.6 is 0 Å². The molecule has 2 heterocycles. The third kappa shape index (κ3) is 2.43. The number of benzene rings is 1. The number of aliphatic carboxylic acids is 1. The van der Waals surface area contributed by atoms with Crippen LogP contribution < -0.4 is 0 Å². The first-order chi connectivity index (χ1) is 11.2. The van der Waals surface area contributed by atoms with Crippen molar-refractivity contribution in [2.45, 2.75) is 25.8 Å². The molecule has 6 nitrogen and oxygen atoms in total. The van der Waals surface area contributed by atoms with Crippen LogP contribution in [0.4, 0.5) is 0 Å². The lowest BCUT2D eigenvalue weighted by Crippen LogP contribution is -2.35. The predicted molar refractivity (Wildman–Crippen MR) is 82.4 cm³/mol. The van der Waals surface area contributed by atoms with Crippen LogP contribution in [-0.4, -0.2) is 39.2 Å². The summed E-state index contributed by atoms with van der Waals surface area (Å²) in [6.45, 7) is 1.90. The van der Waals surface area contributed by atoms with Crippen LogP contribution in [0.3, 0.4) is 0 Å². The lowest BCUT2D eigenvalue weighted by Gasteiger charge is -2.23. The van der Waals surface area contributed by atoms with Crippen LogP contribution in [0.5, 0.6) is 0 Å². The fourth-order valence-electron chi connectivity index (χ4n) is 4.08. The number of carboxylic acids is 1. The van der Waals surface area contributed by atoms with Crippen molar-refractivity contribution >= 4 is 5.97 Å². The lowest BCUT2D eigenvalue weighted by atomic mass is 9.81. The largest absolute Gasteiger partial charge is 0.481 e. The molecule has 1 aromatic heterocycles. The maximum Gasteiger partial charge on any atom is 0.311 e. The minimum atomic E-state index is -0.655. The van der Waals surface area contributed by atoms with Crippen molar-refractivity contribution in [3.8, 4) is 11.4 Å². The molecule has 4 rings (SSSR count). The molecule has 1 saturated heterocycles. The van der Waals surface area contributed by atoms with Crippen molar-refractivity contribution in [1.29, 1.82) is 0 Å². The van der Waals surface area contributed by atoms with Gasteiger partial charge in [0.15, 0.2) is 0 Å². The van der Waals surface area contributed by atoms with Crippen molar-refractivity contribution in [2.75, 3.05) is 13.1 Å². The van der Waals surface area contributed by atoms with E-state index < -0.39 is 11.4 Å². The number of hydrogen-bond acceptors (Lipinski definition) is 5. The van der Waals surface area contributed by atoms with Gasteiger partial charge in [-0.05, 0) is 18.8 Å². The second kappa shape index (κ2) is 5.45. The molecule has 1 saturated carbocycles. The number of carboxylic acid groups (broad SMARTS) is 1. The minimum absolute atomic E-state index is 0.247. The van der Waals surface area contributed by atoms with Gasteiger partial charge in [0.1, 0.15) is 0 Å². The Morgan fingerprint density at radius 2 is 2.22 bits per heavy atom. The van der Waals surface area contributed by atoms with E-state index in [1.807, 2.05) is 30.3 Å². The number of nitrogens with zero attached hydrogens (tertiary/aromatic N) is 3. The molecule has 2 aromatic rings. The van der Waals surface area contributed by atoms with Crippen LogP contribution in [0.1, 0.15) is 25.2 Å². The molecule has 120 valence electrons. The van der Waals surface area contributed by atoms with Crippen LogP contribution in [0.15, 0.2) is 34.9 Å². The molecule has 2 fully saturated rings. The van der Waals surface area contributed by atoms with E-state index in [1.165, 1.54) is 0 Å². The summed E-state index contributed by atoms with van der Waals surface area (Å²) in [5, 5.41) is 13.7. The van der Waals surface area contributed by atoms with Gasteiger partial charge < -0.3 is 9.63 Å². The van der Waals surface area contributed by atoms with E-state index >= 15 is 0 Å². The first kappa shape index (κ1) is 14.4. The maximum absolute atomic E-state index is 11.7. The molecule has 1 N–H and O–H groups in total. The zero-order valence-electron chi connectivity index (χ0n) is 12.8. The maximum atomic E-state index is 11.7. The summed E-state index contributed by atoms with van der Waals surface area (Å²) in [5.41, 5.74) is 0.352. The Kier molecular flexibility index (Phi) is 3.41. The van der Waals surface area contributed by atoms with E-state index in [1.54, 1.807) is 0 Å². The zero-order chi connectivity index (χ0) is 15.9. The van der Waals surface area contributed by atoms with Gasteiger partial charge in [0.05, 0.1) is 12.0 Å². The first-order valence-electron chi connectivity index (χ1n) is 8.01. The molecule has 0 unspecified atom stereocenters. The topological polar surface area (TPSA) is 79.5 Å². The van der Waals surface area contributed by atoms with Crippen LogP contribution in [0, 0.1) is 11.3 Å². The minimum Gasteiger partial charge on any atom is -0.481 e. The fourth-order valence-corrected chi connectivity index (χ4v) is 4.08. The molecule has 1 aromatic carbocycles. The van der Waals surface area contributed by atoms with Gasteiger partial charge in [0.2, 0.25) is 11.7 Å². The Hall–Kier alpha value is -2.21. The average molecular weight is 313 g/mol. The smallest absolute Gasteiger partial charge is 0.311 e. The number of rotatable bonds is 4. The van der Waals surface area contributed by atoms with E-state index in [2.05, 4.69) is 15.0 Å². The van der Waals surface area contributed by atoms with Gasteiger partial charge >= 0.3 is 5.97 Å². The Labute approximate surface area is 134 Å². The lowest BCUT2D eigenvalue weighted by molar-refractivity contribution is -0.149. The SMILES string of the molecule is O=C(O)[C@@]12CCC[C@H]1CN(Cc1nc(-c3ccccc3)no1)C2. The molecule has 1 aliphatic carbocycles. The quantitative estimate of drug-likeness (QED) is 0.934. The summed E-state index contributed by atoms with van der Waals surface area (Å²) >= 11 is 0. The number of likely N-dealkylation sites (tertiary alicyclic amines) is 1. The number of fused-ring (bicyclic) bond motifs is 1. The molecule has 23 heavy (non-hydrogen) atoms. The monoisotopic (exact) mass is 313 g/mol. The Bertz CT molecular complexity index is 715. The van der Waals surface area contributed by atoms with Crippen LogP contribution in [0.2, 0.25) is 0 Å². The van der Waals surface area contributed by atoms with Crippen LogP contribution in [-0.2, 0) is 11.3 Å². The van der Waals surface area contributed by atoms with E-state index in [-0.39, 0.29) is 5.92 Å². The summed E-state index contributed by atoms with van der Waals surface area (Å²) in [7, 11) is 0. The van der Waals surface area contributed by atoms with Crippen molar-refractivity contribution in [3.63, 3.8) is 0 Å². The van der Waals surface area contributed by atoms with Crippen molar-refractivity contribution in [3.05, 3.63) is 36.2 Å². The summed E-state index contributed by atoms with van der Waals surface area (Å²) in [5.74, 6) is 0.715. The highest BCUT2D eigenvalue weighted by molar-refractivity contribution is 5.76. The molecule has 2 aliphatic rings. The van der Waals surface area contributed by atoms with Crippen LogP contribution in [0.25, 0.3) is 11.4 Å². The molecular weight excluding hydrogens is 294 g/mol. The molecule has 0 spiro atoms. The van der Waals surface area contributed by atoms with Gasteiger partial charge in [-0.15, -0.1) is 0 Å². The van der Waals surface area contributed by atoms with Gasteiger partial charge in [-0.2, -0.15) is 4.98 Å². The molecule has 0 amide bonds. The molecule has 0 radical (unpaired) electrons. The van der Waals surface area contributed by atoms with E-state index in [0.717, 1.165) is 31.4 Å². The second-order valence-electron chi connectivity index (χ2n) is 6.60. The molecule has 1 aliphatic heterocycles. The van der Waals surface area contributed by atoms with Crippen molar-refractivity contribution in [2.24, 2.45) is 11.3 Å². The van der Waals surface area contributed by atoms with Crippen molar-refractivity contribution < 1.29 is 14.4 Å². The summed E-state index contributed by atoms with van der Waals surface area (Å²) in [6, 6.07) is 9.69. The highest BCUT2D eigenvalue weighted by Crippen LogP contribution is 2.49. The standard InChI is InChI=1S/C17H19N3O3/c21-16(22)17-8-4-7-13(17)9-20(11-17)10-14-18-15(19-23-14)12-5-2-1-3-6-12/h1-3,5-6,13H,4,7-11H2,(H,21,22)/t13-,17+/m0/s1. The van der Waals surface area contributed by atoms with E-state index in [9.17, 15) is 9.90 Å². The third-order valence-electron chi connectivity index (χ3n) is 5.23. The van der Waals surface area contributed by atoms with Gasteiger partial charge in [0.25, 0.3) is 0 Å². The highest BCUT2D eigenvalue weighted by atomic mass is 16.5.